The minimum atomic E-state index is -1.08. The first-order valence-corrected chi connectivity index (χ1v) is 14.0. The highest BCUT2D eigenvalue weighted by atomic mass is 33.1. The molecule has 2 aromatic rings. The zero-order valence-electron chi connectivity index (χ0n) is 20.5. The molecular weight excluding hydrogens is 478 g/mol. The number of aromatic nitrogens is 4. The fourth-order valence-corrected chi connectivity index (χ4v) is 5.33. The molecule has 0 saturated heterocycles. The van der Waals surface area contributed by atoms with Gasteiger partial charge in [-0.2, -0.15) is 0 Å². The van der Waals surface area contributed by atoms with Gasteiger partial charge in [-0.25, -0.2) is 15.0 Å². The van der Waals surface area contributed by atoms with Gasteiger partial charge in [0.25, 0.3) is 0 Å². The summed E-state index contributed by atoms with van der Waals surface area (Å²) in [6.45, 7) is 7.73. The van der Waals surface area contributed by atoms with Crippen molar-refractivity contribution in [3.05, 3.63) is 12.7 Å². The number of nitrogens with zero attached hydrogens (tertiary/aromatic N) is 4. The van der Waals surface area contributed by atoms with E-state index < -0.39 is 24.4 Å². The molecule has 0 fully saturated rings. The number of ether oxygens (including phenoxy) is 2. The summed E-state index contributed by atoms with van der Waals surface area (Å²) in [5, 5.41) is 23.4. The van der Waals surface area contributed by atoms with Gasteiger partial charge >= 0.3 is 0 Å². The van der Waals surface area contributed by atoms with Crippen molar-refractivity contribution in [2.45, 2.75) is 64.9 Å². The Morgan fingerprint density at radius 3 is 2.59 bits per heavy atom. The molecule has 0 bridgehead atoms. The smallest absolute Gasteiger partial charge is 0.228 e. The summed E-state index contributed by atoms with van der Waals surface area (Å²) in [6, 6.07) is -0.398. The van der Waals surface area contributed by atoms with E-state index in [4.69, 9.17) is 9.47 Å². The Bertz CT molecular complexity index is 880. The van der Waals surface area contributed by atoms with Crippen LogP contribution in [0.1, 0.15) is 46.6 Å². The normalized spacial score (nSPS) is 15.4. The summed E-state index contributed by atoms with van der Waals surface area (Å²) in [5.41, 5.74) is 0.953. The van der Waals surface area contributed by atoms with Gasteiger partial charge in [-0.1, -0.05) is 48.8 Å². The third kappa shape index (κ3) is 7.79. The number of unbranched alkanes of at least 4 members (excludes halogenated alkanes) is 1. The van der Waals surface area contributed by atoms with E-state index in [1.54, 1.807) is 35.5 Å². The Balaban J connectivity index is 2.22. The molecule has 2 heterocycles. The molecule has 192 valence electrons. The van der Waals surface area contributed by atoms with Gasteiger partial charge in [0.05, 0.1) is 25.6 Å². The molecule has 0 saturated carbocycles. The first-order valence-electron chi connectivity index (χ1n) is 11.5. The van der Waals surface area contributed by atoms with Gasteiger partial charge in [-0.05, 0) is 13.3 Å². The number of imidazole rings is 1. The number of hydrogen-bond acceptors (Lipinski definition) is 10. The first kappa shape index (κ1) is 28.8. The van der Waals surface area contributed by atoms with Crippen molar-refractivity contribution in [3.8, 4) is 0 Å². The fraction of sp³-hybridized carbons (Fsp3) is 0.727. The minimum Gasteiger partial charge on any atom is -0.394 e. The van der Waals surface area contributed by atoms with Crippen molar-refractivity contribution in [2.75, 3.05) is 37.1 Å². The van der Waals surface area contributed by atoms with Crippen molar-refractivity contribution in [1.82, 2.24) is 19.5 Å². The van der Waals surface area contributed by atoms with Crippen LogP contribution in [-0.4, -0.2) is 85.8 Å². The maximum Gasteiger partial charge on any atom is 0.228 e. The molecule has 0 radical (unpaired) electrons. The number of hydrogen-bond donors (Lipinski definition) is 3. The van der Waals surface area contributed by atoms with Crippen LogP contribution in [0.15, 0.2) is 12.7 Å². The maximum atomic E-state index is 12.2. The van der Waals surface area contributed by atoms with Crippen molar-refractivity contribution in [1.29, 1.82) is 0 Å². The monoisotopic (exact) mass is 515 g/mol. The van der Waals surface area contributed by atoms with Crippen molar-refractivity contribution < 1.29 is 24.5 Å². The summed E-state index contributed by atoms with van der Waals surface area (Å²) in [7, 11) is 4.99. The van der Waals surface area contributed by atoms with E-state index >= 15 is 0 Å². The van der Waals surface area contributed by atoms with Gasteiger partial charge in [0.1, 0.15) is 24.6 Å². The molecule has 3 N–H and O–H groups in total. The lowest BCUT2D eigenvalue weighted by molar-refractivity contribution is -0.124. The highest BCUT2D eigenvalue weighted by Crippen LogP contribution is 2.28. The molecule has 2 aromatic heterocycles. The zero-order chi connectivity index (χ0) is 25.1. The topological polar surface area (TPSA) is 132 Å². The molecule has 0 aliphatic heterocycles. The largest absolute Gasteiger partial charge is 0.394 e. The van der Waals surface area contributed by atoms with Crippen LogP contribution in [0.4, 0.5) is 5.82 Å². The minimum absolute atomic E-state index is 0.167. The second-order valence-corrected chi connectivity index (χ2v) is 10.9. The Morgan fingerprint density at radius 1 is 1.21 bits per heavy atom. The molecule has 34 heavy (non-hydrogen) atoms. The number of nitrogens with one attached hydrogen (secondary N) is 1. The summed E-state index contributed by atoms with van der Waals surface area (Å²) in [5.74, 6) is 1.81. The quantitative estimate of drug-likeness (QED) is 0.226. The molecule has 0 aliphatic carbocycles. The van der Waals surface area contributed by atoms with Crippen LogP contribution in [0.2, 0.25) is 0 Å². The summed E-state index contributed by atoms with van der Waals surface area (Å²) < 4.78 is 13.2. The second kappa shape index (κ2) is 14.8. The number of methoxy groups -OCH3 is 1. The van der Waals surface area contributed by atoms with E-state index in [2.05, 4.69) is 27.2 Å². The number of carbonyl (C=O) groups excluding carboxylic acids is 1. The van der Waals surface area contributed by atoms with Crippen LogP contribution in [0.3, 0.4) is 0 Å². The fourth-order valence-electron chi connectivity index (χ4n) is 3.26. The van der Waals surface area contributed by atoms with Crippen molar-refractivity contribution in [3.63, 3.8) is 0 Å². The predicted molar refractivity (Wildman–Crippen MR) is 137 cm³/mol. The van der Waals surface area contributed by atoms with Crippen molar-refractivity contribution >= 4 is 44.5 Å². The van der Waals surface area contributed by atoms with Gasteiger partial charge in [0.2, 0.25) is 5.91 Å². The first-order chi connectivity index (χ1) is 16.3. The lowest BCUT2D eigenvalue weighted by Crippen LogP contribution is -2.46. The third-order valence-corrected chi connectivity index (χ3v) is 7.84. The highest BCUT2D eigenvalue weighted by Gasteiger charge is 2.34. The number of aliphatic hydroxyl groups is 2. The number of carbonyl (C=O) groups is 1. The lowest BCUT2D eigenvalue weighted by Gasteiger charge is -2.32. The van der Waals surface area contributed by atoms with E-state index in [1.165, 1.54) is 26.3 Å². The van der Waals surface area contributed by atoms with Crippen LogP contribution >= 0.6 is 21.6 Å². The second-order valence-electron chi connectivity index (χ2n) is 8.21. The van der Waals surface area contributed by atoms with Gasteiger partial charge < -0.3 is 29.6 Å². The van der Waals surface area contributed by atoms with Crippen LogP contribution in [0, 0.1) is 5.92 Å². The number of rotatable bonds is 16. The molecule has 10 nitrogen and oxygen atoms in total. The van der Waals surface area contributed by atoms with Gasteiger partial charge in [0.15, 0.2) is 17.0 Å². The maximum absolute atomic E-state index is 12.2. The highest BCUT2D eigenvalue weighted by molar-refractivity contribution is 8.76. The van der Waals surface area contributed by atoms with Gasteiger partial charge in [-0.3, -0.25) is 4.79 Å². The van der Waals surface area contributed by atoms with E-state index in [-0.39, 0.29) is 18.4 Å². The molecule has 4 atom stereocenters. The average Bonchev–Trinajstić information content (AvgIpc) is 3.26. The van der Waals surface area contributed by atoms with E-state index in [0.717, 1.165) is 11.5 Å². The molecule has 1 amide bonds. The van der Waals surface area contributed by atoms with Crippen LogP contribution in [0.25, 0.3) is 11.2 Å². The van der Waals surface area contributed by atoms with E-state index in [9.17, 15) is 15.0 Å². The van der Waals surface area contributed by atoms with E-state index in [0.29, 0.717) is 23.6 Å². The SMILES string of the molecule is CCCCSSCCOC(C(O)C(CO)OC)C(C)n1cnc2c(NC(=O)C(C)C)ncnc21. The van der Waals surface area contributed by atoms with Crippen LogP contribution in [-0.2, 0) is 14.3 Å². The molecule has 2 rings (SSSR count). The number of fused-ring (bicyclic) bond motifs is 1. The molecule has 4 unspecified atom stereocenters. The molecule has 0 aromatic carbocycles. The zero-order valence-corrected chi connectivity index (χ0v) is 22.1. The summed E-state index contributed by atoms with van der Waals surface area (Å²) in [6.07, 6.45) is 2.73. The summed E-state index contributed by atoms with van der Waals surface area (Å²) in [4.78, 5) is 25.1. The predicted octanol–water partition coefficient (Wildman–Crippen LogP) is 2.92. The molecule has 12 heteroatoms. The van der Waals surface area contributed by atoms with Crippen LogP contribution < -0.4 is 5.32 Å². The lowest BCUT2D eigenvalue weighted by atomic mass is 10.0. The number of aliphatic hydroxyl groups excluding tert-OH is 2. The number of anilines is 1. The molecule has 0 spiro atoms. The van der Waals surface area contributed by atoms with E-state index in [1.807, 2.05) is 17.7 Å². The Kier molecular flexibility index (Phi) is 12.6. The standard InChI is InChI=1S/C22H37N5O5S2/c1-6-7-9-33-34-10-8-32-19(18(29)16(11-28)31-5)15(4)27-13-25-17-20(23-12-24-21(17)27)26-22(30)14(2)3/h12-16,18-19,28-29H,6-11H2,1-5H3,(H,23,24,26,30). The average molecular weight is 516 g/mol. The molecular formula is C22H37N5O5S2. The Labute approximate surface area is 209 Å². The van der Waals surface area contributed by atoms with Gasteiger partial charge in [-0.15, -0.1) is 0 Å². The number of amides is 1. The Hall–Kier alpha value is -1.44. The summed E-state index contributed by atoms with van der Waals surface area (Å²) >= 11 is 0. The molecule has 0 aliphatic rings. The van der Waals surface area contributed by atoms with Crippen molar-refractivity contribution in [2.24, 2.45) is 5.92 Å². The van der Waals surface area contributed by atoms with Gasteiger partial charge in [0, 0.05) is 24.5 Å². The third-order valence-electron chi connectivity index (χ3n) is 5.38. The Morgan fingerprint density at radius 2 is 1.94 bits per heavy atom. The van der Waals surface area contributed by atoms with Crippen LogP contribution in [0.5, 0.6) is 0 Å².